The number of carbonyl (C=O) groups excluding carboxylic acids is 2. The highest BCUT2D eigenvalue weighted by Gasteiger charge is 2.16. The molecule has 59 heavy (non-hydrogen) atoms. The Bertz CT molecular complexity index is 2620. The summed E-state index contributed by atoms with van der Waals surface area (Å²) in [5.41, 5.74) is 11.1. The molecule has 0 spiro atoms. The molecule has 0 amide bonds. The number of para-hydroxylation sites is 2. The third kappa shape index (κ3) is 9.44. The van der Waals surface area contributed by atoms with E-state index in [1.54, 1.807) is 6.92 Å². The monoisotopic (exact) mass is 808 g/mol. The van der Waals surface area contributed by atoms with Crippen LogP contribution in [0.15, 0.2) is 182 Å². The summed E-state index contributed by atoms with van der Waals surface area (Å²) in [7, 11) is 1.43. The van der Waals surface area contributed by atoms with E-state index in [1.165, 1.54) is 37.7 Å². The van der Waals surface area contributed by atoms with Crippen molar-refractivity contribution >= 4 is 68.6 Å². The average molecular weight is 809 g/mol. The van der Waals surface area contributed by atoms with Crippen molar-refractivity contribution in [3.63, 3.8) is 0 Å². The fourth-order valence-corrected chi connectivity index (χ4v) is 9.25. The Labute approximate surface area is 354 Å². The minimum absolute atomic E-state index is 0.200. The van der Waals surface area contributed by atoms with E-state index < -0.39 is 0 Å². The molecule has 2 aromatic heterocycles. The van der Waals surface area contributed by atoms with E-state index in [1.807, 2.05) is 34.8 Å². The summed E-state index contributed by atoms with van der Waals surface area (Å²) >= 11 is 3.63. The number of carbonyl (C=O) groups is 2. The molecule has 0 unspecified atom stereocenters. The topological polar surface area (TPSA) is 49.9 Å². The van der Waals surface area contributed by atoms with Crippen LogP contribution in [-0.2, 0) is 27.2 Å². The van der Waals surface area contributed by atoms with E-state index in [-0.39, 0.29) is 11.8 Å². The van der Waals surface area contributed by atoms with Gasteiger partial charge in [-0.25, -0.2) is 0 Å². The second kappa shape index (κ2) is 18.4. The Kier molecular flexibility index (Phi) is 12.2. The van der Waals surface area contributed by atoms with Crippen LogP contribution in [0, 0.1) is 0 Å². The number of benzene rings is 6. The second-order valence-corrected chi connectivity index (χ2v) is 16.5. The maximum Gasteiger partial charge on any atom is 0.305 e. The van der Waals surface area contributed by atoms with E-state index in [9.17, 15) is 9.59 Å². The SMILES string of the molecule is COC(=O)CCc1ccc(N(c2ccccc2)c2ccc(-c3ccc(-c4ccc(-c5ccc(N(c6ccccc6)c6ccc(CCC(C)=O)cc6)cc5)s4)s3)cc2)cc1. The predicted molar refractivity (Wildman–Crippen MR) is 247 cm³/mol. The molecule has 0 fully saturated rings. The molecule has 0 aliphatic heterocycles. The van der Waals surface area contributed by atoms with Crippen molar-refractivity contribution in [1.82, 2.24) is 0 Å². The number of esters is 1. The highest BCUT2D eigenvalue weighted by atomic mass is 32.1. The number of aryl methyl sites for hydroxylation is 2. The van der Waals surface area contributed by atoms with Gasteiger partial charge < -0.3 is 19.3 Å². The molecule has 0 radical (unpaired) electrons. The largest absolute Gasteiger partial charge is 0.469 e. The number of Topliss-reactive ketones (excluding diaryl/α,β-unsaturated/α-hetero) is 1. The van der Waals surface area contributed by atoms with Crippen molar-refractivity contribution in [3.05, 3.63) is 193 Å². The quantitative estimate of drug-likeness (QED) is 0.0966. The van der Waals surface area contributed by atoms with Gasteiger partial charge in [-0.2, -0.15) is 0 Å². The molecule has 0 atom stereocenters. The molecule has 0 saturated heterocycles. The lowest BCUT2D eigenvalue weighted by atomic mass is 10.1. The van der Waals surface area contributed by atoms with Crippen LogP contribution in [0.1, 0.15) is 30.9 Å². The molecule has 0 aliphatic rings. The molecule has 292 valence electrons. The zero-order chi connectivity index (χ0) is 40.6. The lowest BCUT2D eigenvalue weighted by Crippen LogP contribution is -2.10. The van der Waals surface area contributed by atoms with Crippen molar-refractivity contribution in [2.45, 2.75) is 32.6 Å². The minimum Gasteiger partial charge on any atom is -0.469 e. The van der Waals surface area contributed by atoms with E-state index in [2.05, 4.69) is 180 Å². The summed E-state index contributed by atoms with van der Waals surface area (Å²) < 4.78 is 4.82. The fraction of sp³-hybridized carbons (Fsp3) is 0.115. The van der Waals surface area contributed by atoms with Crippen molar-refractivity contribution in [2.24, 2.45) is 0 Å². The van der Waals surface area contributed by atoms with E-state index >= 15 is 0 Å². The first kappa shape index (κ1) is 39.3. The van der Waals surface area contributed by atoms with Crippen LogP contribution >= 0.6 is 22.7 Å². The Morgan fingerprint density at radius 1 is 0.424 bits per heavy atom. The van der Waals surface area contributed by atoms with Gasteiger partial charge in [-0.3, -0.25) is 4.79 Å². The molecule has 8 aromatic rings. The van der Waals surface area contributed by atoms with Gasteiger partial charge in [-0.15, -0.1) is 22.7 Å². The van der Waals surface area contributed by atoms with Gasteiger partial charge in [0, 0.05) is 66.5 Å². The summed E-state index contributed by atoms with van der Waals surface area (Å²) in [6.07, 6.45) is 2.33. The first-order chi connectivity index (χ1) is 28.9. The Hall–Kier alpha value is -6.54. The van der Waals surface area contributed by atoms with Crippen molar-refractivity contribution < 1.29 is 14.3 Å². The average Bonchev–Trinajstić information content (AvgIpc) is 3.99. The molecule has 8 rings (SSSR count). The number of anilines is 6. The molecule has 0 saturated carbocycles. The van der Waals surface area contributed by atoms with Gasteiger partial charge in [0.25, 0.3) is 0 Å². The van der Waals surface area contributed by atoms with E-state index in [0.29, 0.717) is 19.3 Å². The smallest absolute Gasteiger partial charge is 0.305 e. The van der Waals surface area contributed by atoms with Crippen molar-refractivity contribution in [2.75, 3.05) is 16.9 Å². The summed E-state index contributed by atoms with van der Waals surface area (Å²) in [6.45, 7) is 1.65. The molecule has 2 heterocycles. The number of ether oxygens (including phenoxy) is 1. The first-order valence-corrected chi connectivity index (χ1v) is 21.4. The van der Waals surface area contributed by atoms with Crippen LogP contribution in [0.3, 0.4) is 0 Å². The van der Waals surface area contributed by atoms with E-state index in [4.69, 9.17) is 4.74 Å². The van der Waals surface area contributed by atoms with Crippen LogP contribution in [0.4, 0.5) is 34.1 Å². The number of hydrogen-bond acceptors (Lipinski definition) is 7. The number of nitrogens with zero attached hydrogens (tertiary/aromatic N) is 2. The van der Waals surface area contributed by atoms with Crippen LogP contribution in [0.2, 0.25) is 0 Å². The lowest BCUT2D eigenvalue weighted by Gasteiger charge is -2.25. The molecular formula is C52H44N2O3S2. The highest BCUT2D eigenvalue weighted by Crippen LogP contribution is 2.43. The normalized spacial score (nSPS) is 10.9. The minimum atomic E-state index is -0.200. The third-order valence-electron chi connectivity index (χ3n) is 10.3. The maximum absolute atomic E-state index is 11.7. The molecule has 7 heteroatoms. The molecular weight excluding hydrogens is 765 g/mol. The van der Waals surface area contributed by atoms with Gasteiger partial charge in [0.1, 0.15) is 5.78 Å². The van der Waals surface area contributed by atoms with Gasteiger partial charge in [-0.1, -0.05) is 84.9 Å². The first-order valence-electron chi connectivity index (χ1n) is 19.8. The maximum atomic E-state index is 11.7. The van der Waals surface area contributed by atoms with Gasteiger partial charge in [0.05, 0.1) is 7.11 Å². The standard InChI is InChI=1S/C52H44N2O3S2/c1-37(55)13-14-38-15-24-44(25-16-38)53(42-9-5-3-6-10-42)46-28-20-40(21-29-46)48-32-34-50(58-48)51-35-33-49(59-51)41-22-30-47(31-23-41)54(43-11-7-4-8-12-43)45-26-17-39(18-27-45)19-36-52(56)57-2/h3-12,15-18,20-35H,13-14,19,36H2,1-2H3. The number of ketones is 1. The Morgan fingerprint density at radius 2 is 0.763 bits per heavy atom. The molecule has 0 N–H and O–H groups in total. The number of thiophene rings is 2. The molecule has 0 bridgehead atoms. The third-order valence-corrected chi connectivity index (χ3v) is 12.8. The number of hydrogen-bond donors (Lipinski definition) is 0. The fourth-order valence-electron chi connectivity index (χ4n) is 7.14. The summed E-state index contributed by atoms with van der Waals surface area (Å²) in [5, 5.41) is 0. The van der Waals surface area contributed by atoms with Crippen LogP contribution in [0.5, 0.6) is 0 Å². The summed E-state index contributed by atoms with van der Waals surface area (Å²) in [5.74, 6) is 0.0110. The van der Waals surface area contributed by atoms with Gasteiger partial charge >= 0.3 is 5.97 Å². The molecule has 6 aromatic carbocycles. The number of methoxy groups -OCH3 is 1. The second-order valence-electron chi connectivity index (χ2n) is 14.4. The highest BCUT2D eigenvalue weighted by molar-refractivity contribution is 7.25. The summed E-state index contributed by atoms with van der Waals surface area (Å²) in [4.78, 5) is 32.7. The van der Waals surface area contributed by atoms with Gasteiger partial charge in [0.15, 0.2) is 0 Å². The zero-order valence-electron chi connectivity index (χ0n) is 33.1. The number of rotatable bonds is 15. The van der Waals surface area contributed by atoms with Gasteiger partial charge in [-0.05, 0) is 139 Å². The summed E-state index contributed by atoms with van der Waals surface area (Å²) in [6, 6.07) is 64.2. The molecule has 5 nitrogen and oxygen atoms in total. The van der Waals surface area contributed by atoms with Crippen LogP contribution in [0.25, 0.3) is 30.6 Å². The van der Waals surface area contributed by atoms with Crippen molar-refractivity contribution in [1.29, 1.82) is 0 Å². The molecule has 0 aliphatic carbocycles. The van der Waals surface area contributed by atoms with E-state index in [0.717, 1.165) is 51.7 Å². The predicted octanol–water partition coefficient (Wildman–Crippen LogP) is 14.4. The van der Waals surface area contributed by atoms with Gasteiger partial charge in [0.2, 0.25) is 0 Å². The van der Waals surface area contributed by atoms with Crippen molar-refractivity contribution in [3.8, 4) is 30.6 Å². The van der Waals surface area contributed by atoms with Crippen LogP contribution < -0.4 is 9.80 Å². The van der Waals surface area contributed by atoms with Crippen LogP contribution in [-0.4, -0.2) is 18.9 Å². The Morgan fingerprint density at radius 3 is 1.14 bits per heavy atom. The zero-order valence-corrected chi connectivity index (χ0v) is 34.7. The lowest BCUT2D eigenvalue weighted by molar-refractivity contribution is -0.140. The Balaban J connectivity index is 0.982.